The highest BCUT2D eigenvalue weighted by molar-refractivity contribution is 6.30. The van der Waals surface area contributed by atoms with Crippen LogP contribution in [0.2, 0.25) is 0 Å². The Morgan fingerprint density at radius 1 is 0.130 bits per heavy atom. The Labute approximate surface area is 839 Å². The van der Waals surface area contributed by atoms with Gasteiger partial charge >= 0.3 is 0 Å². The van der Waals surface area contributed by atoms with Gasteiger partial charge in [-0.2, -0.15) is 0 Å². The van der Waals surface area contributed by atoms with Crippen LogP contribution in [0.4, 0.5) is 108 Å². The van der Waals surface area contributed by atoms with Crippen LogP contribution >= 0.6 is 0 Å². The molecule has 146 heavy (non-hydrogen) atoms. The van der Waals surface area contributed by atoms with Gasteiger partial charge in [0.25, 0.3) is 0 Å². The van der Waals surface area contributed by atoms with E-state index in [9.17, 15) is 22.0 Å². The number of rotatable bonds is 20. The van der Waals surface area contributed by atoms with Gasteiger partial charge in [-0.15, -0.1) is 0 Å². The van der Waals surface area contributed by atoms with E-state index in [2.05, 4.69) is 229 Å². The second-order valence-electron chi connectivity index (χ2n) is 37.7. The number of nitrogens with zero attached hydrogens (tertiary/aromatic N) is 4. The SMILES string of the molecule is Cc1cc(C)cc(N(c2cc(-c3cccc(F)c3)cc(-c3cccc(F)c3)c2)c2ccc3ccc4c(N(c5cc(C)cc(C)c5)c5cc(-c6cccc(F)c6)cc(-c6cccc(F)c6)c5)ccc5ccc2c3c54)c1.Cc1ccc(N(c2cc(-c3cccc(F)c3)cc(-c3cccc(F)c3)c2)c2ccc3ccc4c(N(c5ccc(F)cc5)c5cc(-c6cccc(F)c6)cc(-c6cccc(F)c6)c5)ccc5ccc2c3c54)cc1. The second-order valence-corrected chi connectivity index (χ2v) is 37.7. The maximum absolute atomic E-state index is 15.0. The Bertz CT molecular complexity index is 8410. The molecule has 4 nitrogen and oxygen atoms in total. The minimum Gasteiger partial charge on any atom is -0.310 e. The lowest BCUT2D eigenvalue weighted by Crippen LogP contribution is -2.12. The predicted octanol–water partition coefficient (Wildman–Crippen LogP) is 39.2. The van der Waals surface area contributed by atoms with E-state index in [0.717, 1.165) is 183 Å². The smallest absolute Gasteiger partial charge is 0.123 e. The van der Waals surface area contributed by atoms with Crippen LogP contribution < -0.4 is 19.6 Å². The highest BCUT2D eigenvalue weighted by Gasteiger charge is 2.29. The number of anilines is 12. The molecule has 24 aromatic rings. The molecule has 0 amide bonds. The van der Waals surface area contributed by atoms with Crippen molar-refractivity contribution in [3.63, 3.8) is 0 Å². The van der Waals surface area contributed by atoms with Crippen LogP contribution in [0.1, 0.15) is 27.8 Å². The third-order valence-electron chi connectivity index (χ3n) is 27.5. The number of hydrogen-bond acceptors (Lipinski definition) is 4. The standard InChI is InChI=1S/C68H48F4N2.C65H41F5N2/c1-41-25-42(2)28-59(27-41)73(61-37-51(47-9-5-13-55(69)33-47)31-52(38-61)48-10-6-14-56(70)34-48)65-23-19-45-18-22-64-66(24-20-46-17-21-63(65)67(45)68(46)64)74(60-29-43(3)26-44(4)30-60)62-39-53(49-11-7-15-57(71)35-49)32-54(40-62)50-12-8-16-58(72)36-50;1-40-14-22-56(23-15-40)71(58-36-47(43-6-2-10-52(67)32-43)30-48(37-58)44-7-3-11-53(68)33-44)62-28-18-41-17-27-61-63(29-19-42-16-26-60(62)64(41)65(42)61)72(57-24-20-51(66)21-25-57)59-38-49(45-8-4-12-54(69)34-45)31-50(39-59)46-9-5-13-55(70)35-46/h5-40H,1-4H3;2-39H,1H3. The van der Waals surface area contributed by atoms with Gasteiger partial charge in [-0.25, -0.2) is 39.5 Å². The van der Waals surface area contributed by atoms with E-state index < -0.39 is 5.82 Å². The molecule has 0 radical (unpaired) electrons. The Kier molecular flexibility index (Phi) is 23.9. The van der Waals surface area contributed by atoms with Crippen molar-refractivity contribution in [1.82, 2.24) is 0 Å². The van der Waals surface area contributed by atoms with E-state index in [4.69, 9.17) is 0 Å². The van der Waals surface area contributed by atoms with Crippen molar-refractivity contribution in [1.29, 1.82) is 0 Å². The van der Waals surface area contributed by atoms with Crippen LogP contribution in [0.25, 0.3) is 154 Å². The zero-order valence-corrected chi connectivity index (χ0v) is 79.9. The van der Waals surface area contributed by atoms with Gasteiger partial charge in [0.15, 0.2) is 0 Å². The van der Waals surface area contributed by atoms with Crippen molar-refractivity contribution < 1.29 is 39.5 Å². The molecular formula is C133H89F9N4. The molecule has 0 aliphatic carbocycles. The number of hydrogen-bond donors (Lipinski definition) is 0. The molecule has 0 atom stereocenters. The Morgan fingerprint density at radius 3 is 0.521 bits per heavy atom. The molecule has 0 bridgehead atoms. The summed E-state index contributed by atoms with van der Waals surface area (Å²) in [6.45, 7) is 10.4. The Hall–Kier alpha value is -18.1. The van der Waals surface area contributed by atoms with Crippen LogP contribution in [0.15, 0.2) is 449 Å². The van der Waals surface area contributed by atoms with Crippen LogP contribution in [0, 0.1) is 87.0 Å². The molecule has 0 aliphatic rings. The molecular weight excluding hydrogens is 1820 g/mol. The van der Waals surface area contributed by atoms with Gasteiger partial charge in [0.05, 0.1) is 22.7 Å². The molecule has 24 aromatic carbocycles. The third-order valence-corrected chi connectivity index (χ3v) is 27.5. The summed E-state index contributed by atoms with van der Waals surface area (Å²) in [5.74, 6) is -3.29. The largest absolute Gasteiger partial charge is 0.310 e. The average molecular weight is 1910 g/mol. The summed E-state index contributed by atoms with van der Waals surface area (Å²) in [5.41, 5.74) is 27.0. The minimum atomic E-state index is -0.391. The number of halogens is 9. The Balaban J connectivity index is 0.000000161. The van der Waals surface area contributed by atoms with Gasteiger partial charge in [0, 0.05) is 67.0 Å². The summed E-state index contributed by atoms with van der Waals surface area (Å²) in [6.07, 6.45) is 0. The van der Waals surface area contributed by atoms with E-state index in [1.54, 1.807) is 60.7 Å². The van der Waals surface area contributed by atoms with Crippen molar-refractivity contribution >= 4 is 133 Å². The van der Waals surface area contributed by atoms with Crippen LogP contribution in [0.5, 0.6) is 0 Å². The lowest BCUT2D eigenvalue weighted by atomic mass is 9.91. The molecule has 24 rings (SSSR count). The summed E-state index contributed by atoms with van der Waals surface area (Å²) in [6, 6.07) is 138. The van der Waals surface area contributed by atoms with Crippen molar-refractivity contribution in [2.24, 2.45) is 0 Å². The molecule has 0 heterocycles. The molecule has 0 aromatic heterocycles. The zero-order chi connectivity index (χ0) is 99.8. The molecule has 0 aliphatic heterocycles. The second kappa shape index (κ2) is 38.1. The predicted molar refractivity (Wildman–Crippen MR) is 586 cm³/mol. The quantitative estimate of drug-likeness (QED) is 0.0557. The molecule has 0 saturated heterocycles. The maximum atomic E-state index is 15.0. The van der Waals surface area contributed by atoms with Gasteiger partial charge in [0.2, 0.25) is 0 Å². The summed E-state index contributed by atoms with van der Waals surface area (Å²) in [7, 11) is 0. The number of benzene rings is 24. The fourth-order valence-electron chi connectivity index (χ4n) is 21.1. The molecule has 704 valence electrons. The molecule has 13 heteroatoms. The first-order valence-corrected chi connectivity index (χ1v) is 48.3. The maximum Gasteiger partial charge on any atom is 0.123 e. The molecule has 0 saturated carbocycles. The van der Waals surface area contributed by atoms with Gasteiger partial charge in [-0.1, -0.05) is 200 Å². The summed E-state index contributed by atoms with van der Waals surface area (Å²) < 4.78 is 134. The fraction of sp³-hybridized carbons (Fsp3) is 0.0376. The average Bonchev–Trinajstić information content (AvgIpc) is 0.719. The van der Waals surface area contributed by atoms with E-state index >= 15 is 17.6 Å². The first kappa shape index (κ1) is 91.7. The normalized spacial score (nSPS) is 11.5. The first-order valence-electron chi connectivity index (χ1n) is 48.3. The van der Waals surface area contributed by atoms with Crippen molar-refractivity contribution in [2.75, 3.05) is 19.6 Å². The summed E-state index contributed by atoms with van der Waals surface area (Å²) >= 11 is 0. The van der Waals surface area contributed by atoms with Crippen LogP contribution in [-0.2, 0) is 0 Å². The summed E-state index contributed by atoms with van der Waals surface area (Å²) in [5, 5.41) is 12.2. The molecule has 0 N–H and O–H groups in total. The highest BCUT2D eigenvalue weighted by atomic mass is 19.2. The highest BCUT2D eigenvalue weighted by Crippen LogP contribution is 2.54. The topological polar surface area (TPSA) is 13.0 Å². The molecule has 0 unspecified atom stereocenters. The van der Waals surface area contributed by atoms with Crippen molar-refractivity contribution in [2.45, 2.75) is 34.6 Å². The summed E-state index contributed by atoms with van der Waals surface area (Å²) in [4.78, 5) is 8.81. The van der Waals surface area contributed by atoms with E-state index in [0.29, 0.717) is 67.0 Å². The van der Waals surface area contributed by atoms with Gasteiger partial charge in [-0.3, -0.25) is 0 Å². The van der Waals surface area contributed by atoms with Gasteiger partial charge in [-0.05, 0) is 444 Å². The van der Waals surface area contributed by atoms with Gasteiger partial charge in [0.1, 0.15) is 52.4 Å². The lowest BCUT2D eigenvalue weighted by Gasteiger charge is -2.31. The van der Waals surface area contributed by atoms with Crippen LogP contribution in [-0.4, -0.2) is 0 Å². The van der Waals surface area contributed by atoms with E-state index in [-0.39, 0.29) is 46.5 Å². The molecule has 0 spiro atoms. The van der Waals surface area contributed by atoms with E-state index in [1.165, 1.54) is 109 Å². The monoisotopic (exact) mass is 1910 g/mol. The fourth-order valence-corrected chi connectivity index (χ4v) is 21.1. The van der Waals surface area contributed by atoms with E-state index in [1.807, 2.05) is 104 Å². The van der Waals surface area contributed by atoms with Gasteiger partial charge < -0.3 is 19.6 Å². The zero-order valence-electron chi connectivity index (χ0n) is 79.9. The third kappa shape index (κ3) is 18.1. The lowest BCUT2D eigenvalue weighted by molar-refractivity contribution is 0.627. The van der Waals surface area contributed by atoms with Crippen molar-refractivity contribution in [3.05, 3.63) is 529 Å². The number of aryl methyl sites for hydroxylation is 5. The Morgan fingerprint density at radius 2 is 0.315 bits per heavy atom. The molecule has 0 fully saturated rings. The van der Waals surface area contributed by atoms with Crippen molar-refractivity contribution in [3.8, 4) is 89.0 Å². The van der Waals surface area contributed by atoms with Crippen LogP contribution in [0.3, 0.4) is 0 Å². The first-order chi connectivity index (χ1) is 71.0. The minimum absolute atomic E-state index is 0.347.